The fourth-order valence-corrected chi connectivity index (χ4v) is 2.15. The van der Waals surface area contributed by atoms with Gasteiger partial charge in [0, 0.05) is 0 Å². The van der Waals surface area contributed by atoms with Gasteiger partial charge < -0.3 is 5.11 Å². The van der Waals surface area contributed by atoms with Gasteiger partial charge in [0.1, 0.15) is 0 Å². The summed E-state index contributed by atoms with van der Waals surface area (Å²) in [6.45, 7) is -0.101. The number of hydroxylamine groups is 2. The first kappa shape index (κ1) is 20.3. The molecule has 0 atom stereocenters. The van der Waals surface area contributed by atoms with Crippen molar-refractivity contribution in [1.29, 1.82) is 0 Å². The zero-order valence-electron chi connectivity index (χ0n) is 13.4. The van der Waals surface area contributed by atoms with Crippen LogP contribution in [0.15, 0.2) is 24.3 Å². The Labute approximate surface area is 143 Å². The van der Waals surface area contributed by atoms with Crippen molar-refractivity contribution in [3.63, 3.8) is 0 Å². The van der Waals surface area contributed by atoms with Crippen LogP contribution in [0, 0.1) is 0 Å². The van der Waals surface area contributed by atoms with Crippen molar-refractivity contribution < 1.29 is 37.5 Å². The molecule has 1 aromatic carbocycles. The Morgan fingerprint density at radius 1 is 1.16 bits per heavy atom. The van der Waals surface area contributed by atoms with Crippen molar-refractivity contribution in [3.05, 3.63) is 35.4 Å². The van der Waals surface area contributed by atoms with Crippen LogP contribution in [0.2, 0.25) is 0 Å². The predicted molar refractivity (Wildman–Crippen MR) is 83.6 cm³/mol. The predicted octanol–water partition coefficient (Wildman–Crippen LogP) is -0.690. The number of sulfonamides is 1. The Hall–Kier alpha value is -2.79. The third kappa shape index (κ3) is 6.69. The van der Waals surface area contributed by atoms with Crippen LogP contribution in [0.25, 0.3) is 0 Å². The molecule has 25 heavy (non-hydrogen) atoms. The maximum Gasteiger partial charge on any atom is 0.335 e. The van der Waals surface area contributed by atoms with E-state index in [0.717, 1.165) is 5.06 Å². The zero-order valence-corrected chi connectivity index (χ0v) is 14.2. The lowest BCUT2D eigenvalue weighted by atomic mass is 10.1. The Kier molecular flexibility index (Phi) is 6.77. The number of Topliss-reactive ketones (excluding diaryl/α,β-unsaturated/α-hetero) is 1. The highest BCUT2D eigenvalue weighted by molar-refractivity contribution is 7.89. The van der Waals surface area contributed by atoms with Crippen LogP contribution in [0.3, 0.4) is 0 Å². The third-order valence-electron chi connectivity index (χ3n) is 2.87. The summed E-state index contributed by atoms with van der Waals surface area (Å²) in [7, 11) is -2.74. The second-order valence-electron chi connectivity index (χ2n) is 4.92. The molecular formula is C14H16N2O8S. The van der Waals surface area contributed by atoms with Crippen molar-refractivity contribution in [3.8, 4) is 0 Å². The number of amides is 2. The molecule has 0 aromatic heterocycles. The zero-order chi connectivity index (χ0) is 19.2. The maximum atomic E-state index is 12.0. The van der Waals surface area contributed by atoms with Gasteiger partial charge in [0.05, 0.1) is 31.9 Å². The number of rotatable bonds is 8. The lowest BCUT2D eigenvalue weighted by molar-refractivity contribution is -0.180. The summed E-state index contributed by atoms with van der Waals surface area (Å²) in [6, 6.07) is 5.59. The van der Waals surface area contributed by atoms with Crippen molar-refractivity contribution in [1.82, 2.24) is 9.79 Å². The number of benzene rings is 1. The number of hydrogen-bond donors (Lipinski definition) is 2. The summed E-state index contributed by atoms with van der Waals surface area (Å²) >= 11 is 0. The van der Waals surface area contributed by atoms with Gasteiger partial charge in [-0.1, -0.05) is 12.1 Å². The van der Waals surface area contributed by atoms with Crippen LogP contribution < -0.4 is 4.72 Å². The number of carboxylic acids is 1. The minimum atomic E-state index is -3.91. The topological polar surface area (TPSA) is 147 Å². The molecule has 10 nitrogen and oxygen atoms in total. The molecule has 2 amide bonds. The smallest absolute Gasteiger partial charge is 0.335 e. The van der Waals surface area contributed by atoms with Crippen molar-refractivity contribution in [2.24, 2.45) is 0 Å². The molecule has 0 fully saturated rings. The van der Waals surface area contributed by atoms with E-state index in [0.29, 0.717) is 11.8 Å². The molecule has 1 aromatic rings. The van der Waals surface area contributed by atoms with E-state index in [1.54, 1.807) is 0 Å². The van der Waals surface area contributed by atoms with Gasteiger partial charge in [-0.3, -0.25) is 19.2 Å². The molecule has 11 heteroatoms. The lowest BCUT2D eigenvalue weighted by Gasteiger charge is -2.19. The third-order valence-corrected chi connectivity index (χ3v) is 3.42. The number of nitrogens with one attached hydrogen (secondary N) is 1. The Bertz CT molecular complexity index is 786. The van der Waals surface area contributed by atoms with Crippen LogP contribution in [0.5, 0.6) is 0 Å². The van der Waals surface area contributed by atoms with E-state index in [4.69, 9.17) is 9.94 Å². The highest BCUT2D eigenvalue weighted by Gasteiger charge is 2.24. The molecule has 0 aliphatic heterocycles. The summed E-state index contributed by atoms with van der Waals surface area (Å²) in [5.41, 5.74) is 0.583. The Balaban J connectivity index is 2.72. The van der Waals surface area contributed by atoms with Crippen LogP contribution in [-0.2, 0) is 35.8 Å². The molecule has 0 heterocycles. The number of aromatic carboxylic acids is 1. The first-order valence-electron chi connectivity index (χ1n) is 6.75. The molecule has 0 aliphatic carbocycles. The molecule has 0 saturated carbocycles. The first-order valence-corrected chi connectivity index (χ1v) is 8.64. The lowest BCUT2D eigenvalue weighted by Crippen LogP contribution is -2.39. The molecule has 0 radical (unpaired) electrons. The van der Waals surface area contributed by atoms with Crippen molar-refractivity contribution in [2.45, 2.75) is 13.0 Å². The molecule has 0 spiro atoms. The van der Waals surface area contributed by atoms with Gasteiger partial charge in [-0.25, -0.2) is 23.0 Å². The van der Waals surface area contributed by atoms with E-state index >= 15 is 0 Å². The summed E-state index contributed by atoms with van der Waals surface area (Å²) in [4.78, 5) is 50.5. The van der Waals surface area contributed by atoms with Crippen LogP contribution in [0.4, 0.5) is 0 Å². The summed E-state index contributed by atoms with van der Waals surface area (Å²) in [5.74, 6) is -4.62. The van der Waals surface area contributed by atoms with Crippen LogP contribution >= 0.6 is 0 Å². The van der Waals surface area contributed by atoms with Gasteiger partial charge in [-0.15, -0.1) is 0 Å². The fraction of sp³-hybridized carbons (Fsp3) is 0.286. The average Bonchev–Trinajstić information content (AvgIpc) is 2.51. The molecule has 1 rings (SSSR count). The van der Waals surface area contributed by atoms with Crippen molar-refractivity contribution >= 4 is 33.6 Å². The first-order chi connectivity index (χ1) is 11.5. The van der Waals surface area contributed by atoms with Gasteiger partial charge in [0.2, 0.25) is 15.8 Å². The van der Waals surface area contributed by atoms with E-state index in [1.807, 2.05) is 0 Å². The van der Waals surface area contributed by atoms with Gasteiger partial charge in [-0.05, 0) is 17.7 Å². The number of nitrogens with zero attached hydrogens (tertiary/aromatic N) is 1. The van der Waals surface area contributed by atoms with E-state index < -0.39 is 40.0 Å². The average molecular weight is 372 g/mol. The second-order valence-corrected chi connectivity index (χ2v) is 6.67. The molecular weight excluding hydrogens is 356 g/mol. The molecule has 0 saturated heterocycles. The molecule has 0 bridgehead atoms. The fourth-order valence-electron chi connectivity index (χ4n) is 1.70. The highest BCUT2D eigenvalue weighted by atomic mass is 32.2. The van der Waals surface area contributed by atoms with E-state index in [2.05, 4.69) is 0 Å². The minimum Gasteiger partial charge on any atom is -0.478 e. The normalized spacial score (nSPS) is 10.8. The Morgan fingerprint density at radius 2 is 1.72 bits per heavy atom. The standard InChI is InChI=1S/C14H16N2O8S/c1-24-16(8-9-3-5-10(6-4-9)14(20)21)12(18)7-11(17)13(19)15-25(2,22)23/h3-6H,7-8H2,1-2H3,(H,15,19)(H,20,21). The van der Waals surface area contributed by atoms with Crippen LogP contribution in [0.1, 0.15) is 22.3 Å². The number of ketones is 1. The Morgan fingerprint density at radius 3 is 2.16 bits per heavy atom. The second kappa shape index (κ2) is 8.35. The summed E-state index contributed by atoms with van der Waals surface area (Å²) in [5, 5.41) is 9.61. The maximum absolute atomic E-state index is 12.0. The van der Waals surface area contributed by atoms with Gasteiger partial charge in [-0.2, -0.15) is 0 Å². The van der Waals surface area contributed by atoms with Crippen LogP contribution in [-0.4, -0.2) is 55.5 Å². The largest absolute Gasteiger partial charge is 0.478 e. The number of carboxylic acid groups (broad SMARTS) is 1. The number of carbonyl (C=O) groups is 4. The summed E-state index contributed by atoms with van der Waals surface area (Å²) < 4.78 is 23.2. The molecule has 0 unspecified atom stereocenters. The van der Waals surface area contributed by atoms with Gasteiger partial charge in [0.25, 0.3) is 5.91 Å². The SMILES string of the molecule is CON(Cc1ccc(C(=O)O)cc1)C(=O)CC(=O)C(=O)NS(C)(=O)=O. The highest BCUT2D eigenvalue weighted by Crippen LogP contribution is 2.09. The van der Waals surface area contributed by atoms with E-state index in [1.165, 1.54) is 36.1 Å². The van der Waals surface area contributed by atoms with E-state index in [-0.39, 0.29) is 12.1 Å². The van der Waals surface area contributed by atoms with Gasteiger partial charge in [0.15, 0.2) is 0 Å². The number of carbonyl (C=O) groups excluding carboxylic acids is 3. The quantitative estimate of drug-likeness (QED) is 0.346. The summed E-state index contributed by atoms with van der Waals surface area (Å²) in [6.07, 6.45) is -0.190. The van der Waals surface area contributed by atoms with Crippen molar-refractivity contribution in [2.75, 3.05) is 13.4 Å². The minimum absolute atomic E-state index is 0.0617. The monoisotopic (exact) mass is 372 g/mol. The molecule has 2 N–H and O–H groups in total. The number of hydrogen-bond acceptors (Lipinski definition) is 7. The van der Waals surface area contributed by atoms with Gasteiger partial charge >= 0.3 is 11.9 Å². The molecule has 136 valence electrons. The van der Waals surface area contributed by atoms with E-state index in [9.17, 15) is 27.6 Å². The molecule has 0 aliphatic rings.